The molecule has 1 atom stereocenters. The molecule has 43 valence electrons. The van der Waals surface area contributed by atoms with Gasteiger partial charge in [0.15, 0.2) is 0 Å². The minimum atomic E-state index is -2.36. The lowest BCUT2D eigenvalue weighted by atomic mass is 10.5. The number of rotatable bonds is 0. The lowest BCUT2D eigenvalue weighted by Crippen LogP contribution is -1.97. The summed E-state index contributed by atoms with van der Waals surface area (Å²) in [6.45, 7) is 0. The maximum atomic E-state index is 8.78. The molecule has 0 aromatic heterocycles. The number of hydrogen-bond donors (Lipinski definition) is 3. The van der Waals surface area contributed by atoms with Crippen molar-refractivity contribution in [3.05, 3.63) is 0 Å². The maximum absolute atomic E-state index is 8.78. The molecular weight excluding hydrogens is 121 g/mol. The lowest BCUT2D eigenvalue weighted by Gasteiger charge is -1.85. The highest BCUT2D eigenvalue weighted by molar-refractivity contribution is 7.76. The topological polar surface area (TPSA) is 107 Å². The zero-order chi connectivity index (χ0) is 6.28. The van der Waals surface area contributed by atoms with Crippen LogP contribution in [0.2, 0.25) is 0 Å². The predicted molar refractivity (Wildman–Crippen MR) is 23.3 cm³/mol. The monoisotopic (exact) mass is 125 g/mol. The molecule has 0 aliphatic heterocycles. The van der Waals surface area contributed by atoms with Crippen molar-refractivity contribution in [1.82, 2.24) is 0 Å². The Labute approximate surface area is 43.9 Å². The fourth-order valence-corrected chi connectivity index (χ4v) is 0. The third-order valence-corrected chi connectivity index (χ3v) is 0. The van der Waals surface area contributed by atoms with Crippen LogP contribution in [0.1, 0.15) is 0 Å². The predicted octanol–water partition coefficient (Wildman–Crippen LogP) is -2.76. The van der Waals surface area contributed by atoms with Gasteiger partial charge in [0, 0.05) is 11.3 Å². The van der Waals surface area contributed by atoms with E-state index >= 15 is 0 Å². The molecular formula is H4BNO4S-. The molecule has 1 unspecified atom stereocenters. The van der Waals surface area contributed by atoms with Crippen molar-refractivity contribution in [2.75, 3.05) is 0 Å². The van der Waals surface area contributed by atoms with Gasteiger partial charge in [-0.15, -0.1) is 0 Å². The normalized spacial score (nSPS) is 10.9. The van der Waals surface area contributed by atoms with Crippen LogP contribution in [-0.2, 0) is 11.3 Å². The Morgan fingerprint density at radius 2 is 1.71 bits per heavy atom. The van der Waals surface area contributed by atoms with Gasteiger partial charge >= 0.3 is 7.69 Å². The second-order valence-electron chi connectivity index (χ2n) is 0.376. The van der Waals surface area contributed by atoms with Gasteiger partial charge in [0.05, 0.1) is 0 Å². The van der Waals surface area contributed by atoms with E-state index in [1.807, 2.05) is 0 Å². The second kappa shape index (κ2) is 9.41. The molecule has 0 aliphatic carbocycles. The molecule has 0 bridgehead atoms. The van der Waals surface area contributed by atoms with Crippen molar-refractivity contribution in [2.45, 2.75) is 0 Å². The first kappa shape index (κ1) is 10.1. The van der Waals surface area contributed by atoms with Gasteiger partial charge in [0.1, 0.15) is 0 Å². The number of nitrogens with two attached hydrogens (primary N) is 1. The van der Waals surface area contributed by atoms with Crippen molar-refractivity contribution < 1.29 is 18.8 Å². The van der Waals surface area contributed by atoms with Gasteiger partial charge in [-0.2, -0.15) is 0 Å². The molecule has 0 aliphatic rings. The average Bonchev–Trinajstić information content (AvgIpc) is 1.33. The van der Waals surface area contributed by atoms with Crippen molar-refractivity contribution in [1.29, 1.82) is 0 Å². The van der Waals surface area contributed by atoms with E-state index in [9.17, 15) is 0 Å². The van der Waals surface area contributed by atoms with Gasteiger partial charge < -0.3 is 14.6 Å². The Balaban J connectivity index is 0. The van der Waals surface area contributed by atoms with E-state index in [2.05, 4.69) is 5.14 Å². The first-order valence-electron chi connectivity index (χ1n) is 1.09. The van der Waals surface area contributed by atoms with Gasteiger partial charge in [-0.05, 0) is 0 Å². The molecule has 7 heteroatoms. The fourth-order valence-electron chi connectivity index (χ4n) is 0. The second-order valence-corrected chi connectivity index (χ2v) is 0.897. The summed E-state index contributed by atoms with van der Waals surface area (Å²) in [5.74, 6) is 0. The van der Waals surface area contributed by atoms with Crippen molar-refractivity contribution in [3.8, 4) is 0 Å². The first-order valence-corrected chi connectivity index (χ1v) is 2.22. The van der Waals surface area contributed by atoms with Gasteiger partial charge in [-0.1, -0.05) is 0 Å². The summed E-state index contributed by atoms with van der Waals surface area (Å²) < 4.78 is 17.6. The Kier molecular flexibility index (Phi) is 13.6. The SMILES string of the molecule is NS(=O)[O-].O[B]O. The van der Waals surface area contributed by atoms with Crippen molar-refractivity contribution in [3.63, 3.8) is 0 Å². The van der Waals surface area contributed by atoms with Gasteiger partial charge in [0.25, 0.3) is 0 Å². The summed E-state index contributed by atoms with van der Waals surface area (Å²) in [7, 11) is 0. The van der Waals surface area contributed by atoms with Gasteiger partial charge in [0.2, 0.25) is 0 Å². The molecule has 0 amide bonds. The Morgan fingerprint density at radius 3 is 1.71 bits per heavy atom. The Morgan fingerprint density at radius 1 is 1.71 bits per heavy atom. The van der Waals surface area contributed by atoms with Gasteiger partial charge in [-0.25, -0.2) is 0 Å². The maximum Gasteiger partial charge on any atom is 0.482 e. The third kappa shape index (κ3) is 33000. The minimum absolute atomic E-state index is 0. The van der Waals surface area contributed by atoms with Crippen molar-refractivity contribution in [2.24, 2.45) is 5.14 Å². The van der Waals surface area contributed by atoms with Crippen LogP contribution in [0.15, 0.2) is 0 Å². The standard InChI is InChI=1S/BH2O2.H3NO2S/c2-1-3;1-4(2)3/h2-3H;1H2,(H,2,3)/p-1. The molecule has 0 heterocycles. The Bertz CT molecular complexity index is 43.0. The molecule has 7 heavy (non-hydrogen) atoms. The van der Waals surface area contributed by atoms with E-state index in [1.165, 1.54) is 0 Å². The van der Waals surface area contributed by atoms with Gasteiger partial charge in [-0.3, -0.25) is 9.35 Å². The molecule has 0 rings (SSSR count). The highest BCUT2D eigenvalue weighted by atomic mass is 32.2. The Hall–Kier alpha value is 0.0549. The van der Waals surface area contributed by atoms with Crippen LogP contribution in [0.3, 0.4) is 0 Å². The van der Waals surface area contributed by atoms with E-state index in [1.54, 1.807) is 0 Å². The minimum Gasteiger partial charge on any atom is -0.760 e. The fraction of sp³-hybridized carbons (Fsp3) is 0. The zero-order valence-electron chi connectivity index (χ0n) is 3.27. The molecule has 0 saturated heterocycles. The van der Waals surface area contributed by atoms with Crippen LogP contribution < -0.4 is 5.14 Å². The third-order valence-electron chi connectivity index (χ3n) is 0. The van der Waals surface area contributed by atoms with Crippen LogP contribution in [0.4, 0.5) is 0 Å². The summed E-state index contributed by atoms with van der Waals surface area (Å²) in [6, 6.07) is 0. The summed E-state index contributed by atoms with van der Waals surface area (Å²) in [5, 5.41) is 18.0. The van der Waals surface area contributed by atoms with Crippen LogP contribution in [0.25, 0.3) is 0 Å². The van der Waals surface area contributed by atoms with Crippen LogP contribution >= 0.6 is 0 Å². The lowest BCUT2D eigenvalue weighted by molar-refractivity contribution is 0.448. The molecule has 4 N–H and O–H groups in total. The number of hydrogen-bond acceptors (Lipinski definition) is 4. The molecule has 0 aromatic rings. The molecule has 1 radical (unpaired) electrons. The highest BCUT2D eigenvalue weighted by Gasteiger charge is 1.51. The largest absolute Gasteiger partial charge is 0.760 e. The quantitative estimate of drug-likeness (QED) is 0.241. The molecule has 5 nitrogen and oxygen atoms in total. The van der Waals surface area contributed by atoms with Crippen LogP contribution in [-0.4, -0.2) is 26.5 Å². The summed E-state index contributed by atoms with van der Waals surface area (Å²) >= 11 is -2.36. The van der Waals surface area contributed by atoms with E-state index < -0.39 is 11.3 Å². The molecule has 0 spiro atoms. The molecule has 0 fully saturated rings. The van der Waals surface area contributed by atoms with E-state index in [-0.39, 0.29) is 7.69 Å². The highest BCUT2D eigenvalue weighted by Crippen LogP contribution is 1.33. The van der Waals surface area contributed by atoms with Crippen molar-refractivity contribution >= 4 is 19.0 Å². The summed E-state index contributed by atoms with van der Waals surface area (Å²) in [6.07, 6.45) is 0. The molecule has 0 aromatic carbocycles. The van der Waals surface area contributed by atoms with E-state index in [4.69, 9.17) is 18.8 Å². The molecule has 0 saturated carbocycles. The van der Waals surface area contributed by atoms with E-state index in [0.29, 0.717) is 0 Å². The van der Waals surface area contributed by atoms with Crippen LogP contribution in [0.5, 0.6) is 0 Å². The average molecular weight is 125 g/mol. The van der Waals surface area contributed by atoms with E-state index in [0.717, 1.165) is 0 Å². The van der Waals surface area contributed by atoms with Crippen LogP contribution in [0, 0.1) is 0 Å². The summed E-state index contributed by atoms with van der Waals surface area (Å²) in [4.78, 5) is 0. The smallest absolute Gasteiger partial charge is 0.482 e. The first-order chi connectivity index (χ1) is 3.15. The zero-order valence-corrected chi connectivity index (χ0v) is 4.09. The summed E-state index contributed by atoms with van der Waals surface area (Å²) in [5.41, 5.74) is 0.